The van der Waals surface area contributed by atoms with Crippen LogP contribution >= 0.6 is 11.6 Å². The van der Waals surface area contributed by atoms with Gasteiger partial charge in [-0.2, -0.15) is 0 Å². The summed E-state index contributed by atoms with van der Waals surface area (Å²) in [5.41, 5.74) is 1.72. The maximum atomic E-state index is 9.68. The average molecular weight is 264 g/mol. The Bertz CT molecular complexity index is 526. The number of hydrogen-bond donors (Lipinski definition) is 2. The molecule has 94 valence electrons. The van der Waals surface area contributed by atoms with E-state index >= 15 is 0 Å². The topological polar surface area (TPSA) is 41.5 Å². The summed E-state index contributed by atoms with van der Waals surface area (Å²) in [6.45, 7) is 0.513. The lowest BCUT2D eigenvalue weighted by atomic mass is 10.2. The Labute approximate surface area is 111 Å². The molecule has 0 aliphatic heterocycles. The second-order valence-corrected chi connectivity index (χ2v) is 4.29. The van der Waals surface area contributed by atoms with E-state index in [1.807, 2.05) is 24.3 Å². The number of aromatic hydroxyl groups is 1. The molecule has 0 fully saturated rings. The highest BCUT2D eigenvalue weighted by molar-refractivity contribution is 6.30. The van der Waals surface area contributed by atoms with E-state index in [9.17, 15) is 5.11 Å². The lowest BCUT2D eigenvalue weighted by Crippen LogP contribution is -1.99. The summed E-state index contributed by atoms with van der Waals surface area (Å²) in [6.07, 6.45) is 0. The number of halogens is 1. The van der Waals surface area contributed by atoms with E-state index in [0.29, 0.717) is 11.6 Å². The summed E-state index contributed by atoms with van der Waals surface area (Å²) in [5, 5.41) is 13.5. The first-order valence-corrected chi connectivity index (χ1v) is 5.92. The molecule has 18 heavy (non-hydrogen) atoms. The lowest BCUT2D eigenvalue weighted by Gasteiger charge is -2.09. The van der Waals surface area contributed by atoms with Crippen LogP contribution in [-0.2, 0) is 6.54 Å². The molecule has 0 atom stereocenters. The molecule has 2 aromatic carbocycles. The molecule has 0 aromatic heterocycles. The summed E-state index contributed by atoms with van der Waals surface area (Å²) >= 11 is 5.88. The van der Waals surface area contributed by atoms with Gasteiger partial charge >= 0.3 is 0 Å². The fourth-order valence-electron chi connectivity index (χ4n) is 1.60. The smallest absolute Gasteiger partial charge is 0.120 e. The van der Waals surface area contributed by atoms with Crippen LogP contribution < -0.4 is 10.1 Å². The van der Waals surface area contributed by atoms with Crippen molar-refractivity contribution in [2.24, 2.45) is 0 Å². The third-order valence-electron chi connectivity index (χ3n) is 2.61. The maximum absolute atomic E-state index is 9.68. The fraction of sp³-hybridized carbons (Fsp3) is 0.143. The molecule has 0 bridgehead atoms. The predicted octanol–water partition coefficient (Wildman–Crippen LogP) is 3.67. The summed E-state index contributed by atoms with van der Waals surface area (Å²) in [7, 11) is 1.63. The van der Waals surface area contributed by atoms with Crippen LogP contribution in [0.15, 0.2) is 42.5 Å². The van der Waals surface area contributed by atoms with Crippen molar-refractivity contribution in [2.75, 3.05) is 12.4 Å². The van der Waals surface area contributed by atoms with Crippen molar-refractivity contribution in [3.05, 3.63) is 53.1 Å². The monoisotopic (exact) mass is 263 g/mol. The molecule has 0 saturated carbocycles. The SMILES string of the molecule is COc1ccc(NCc2cc(Cl)ccc2O)cc1. The Hall–Kier alpha value is -1.87. The average Bonchev–Trinajstić information content (AvgIpc) is 2.40. The van der Waals surface area contributed by atoms with Crippen LogP contribution in [0, 0.1) is 0 Å². The van der Waals surface area contributed by atoms with Gasteiger partial charge in [-0.05, 0) is 42.5 Å². The van der Waals surface area contributed by atoms with Gasteiger partial charge in [0.15, 0.2) is 0 Å². The second kappa shape index (κ2) is 5.65. The number of anilines is 1. The number of methoxy groups -OCH3 is 1. The van der Waals surface area contributed by atoms with E-state index < -0.39 is 0 Å². The van der Waals surface area contributed by atoms with Gasteiger partial charge in [0, 0.05) is 22.8 Å². The van der Waals surface area contributed by atoms with Crippen LogP contribution in [0.5, 0.6) is 11.5 Å². The van der Waals surface area contributed by atoms with Crippen LogP contribution in [0.25, 0.3) is 0 Å². The van der Waals surface area contributed by atoms with Gasteiger partial charge in [0.1, 0.15) is 11.5 Å². The summed E-state index contributed by atoms with van der Waals surface area (Å²) < 4.78 is 5.08. The van der Waals surface area contributed by atoms with E-state index in [1.54, 1.807) is 25.3 Å². The lowest BCUT2D eigenvalue weighted by molar-refractivity contribution is 0.415. The van der Waals surface area contributed by atoms with Gasteiger partial charge in [-0.1, -0.05) is 11.6 Å². The minimum atomic E-state index is 0.236. The minimum Gasteiger partial charge on any atom is -0.508 e. The second-order valence-electron chi connectivity index (χ2n) is 3.86. The van der Waals surface area contributed by atoms with Crippen LogP contribution in [0.4, 0.5) is 5.69 Å². The largest absolute Gasteiger partial charge is 0.508 e. The van der Waals surface area contributed by atoms with Crippen molar-refractivity contribution < 1.29 is 9.84 Å². The van der Waals surface area contributed by atoms with E-state index in [2.05, 4.69) is 5.32 Å². The van der Waals surface area contributed by atoms with Gasteiger partial charge in [-0.3, -0.25) is 0 Å². The molecule has 0 unspecified atom stereocenters. The van der Waals surface area contributed by atoms with Crippen molar-refractivity contribution >= 4 is 17.3 Å². The van der Waals surface area contributed by atoms with Crippen LogP contribution in [0.1, 0.15) is 5.56 Å². The number of rotatable bonds is 4. The first-order valence-electron chi connectivity index (χ1n) is 5.54. The maximum Gasteiger partial charge on any atom is 0.120 e. The van der Waals surface area contributed by atoms with Crippen molar-refractivity contribution in [1.82, 2.24) is 0 Å². The van der Waals surface area contributed by atoms with Gasteiger partial charge < -0.3 is 15.2 Å². The van der Waals surface area contributed by atoms with Crippen molar-refractivity contribution in [3.8, 4) is 11.5 Å². The first kappa shape index (κ1) is 12.6. The van der Waals surface area contributed by atoms with Crippen molar-refractivity contribution in [3.63, 3.8) is 0 Å². The Kier molecular flexibility index (Phi) is 3.95. The summed E-state index contributed by atoms with van der Waals surface area (Å²) in [5.74, 6) is 1.05. The molecular weight excluding hydrogens is 250 g/mol. The molecule has 0 aliphatic carbocycles. The van der Waals surface area contributed by atoms with Crippen LogP contribution in [0.3, 0.4) is 0 Å². The Morgan fingerprint density at radius 2 is 1.89 bits per heavy atom. The molecule has 4 heteroatoms. The number of hydrogen-bond acceptors (Lipinski definition) is 3. The number of nitrogens with one attached hydrogen (secondary N) is 1. The normalized spacial score (nSPS) is 10.1. The molecule has 0 amide bonds. The zero-order valence-corrected chi connectivity index (χ0v) is 10.7. The molecule has 0 heterocycles. The number of benzene rings is 2. The van der Waals surface area contributed by atoms with Crippen LogP contribution in [-0.4, -0.2) is 12.2 Å². The summed E-state index contributed by atoms with van der Waals surface area (Å²) in [6, 6.07) is 12.6. The number of ether oxygens (including phenoxy) is 1. The molecule has 2 rings (SSSR count). The number of phenols is 1. The van der Waals surface area contributed by atoms with Gasteiger partial charge in [-0.25, -0.2) is 0 Å². The molecule has 3 nitrogen and oxygen atoms in total. The van der Waals surface area contributed by atoms with Crippen molar-refractivity contribution in [1.29, 1.82) is 0 Å². The third kappa shape index (κ3) is 3.08. The molecule has 2 aromatic rings. The van der Waals surface area contributed by atoms with E-state index in [1.165, 1.54) is 0 Å². The van der Waals surface area contributed by atoms with Gasteiger partial charge in [-0.15, -0.1) is 0 Å². The molecule has 0 spiro atoms. The summed E-state index contributed by atoms with van der Waals surface area (Å²) in [4.78, 5) is 0. The Balaban J connectivity index is 2.04. The van der Waals surface area contributed by atoms with E-state index in [-0.39, 0.29) is 5.75 Å². The minimum absolute atomic E-state index is 0.236. The predicted molar refractivity (Wildman–Crippen MR) is 73.4 cm³/mol. The molecule has 0 aliphatic rings. The first-order chi connectivity index (χ1) is 8.69. The molecular formula is C14H14ClNO2. The Morgan fingerprint density at radius 3 is 2.56 bits per heavy atom. The number of phenolic OH excluding ortho intramolecular Hbond substituents is 1. The molecule has 2 N–H and O–H groups in total. The van der Waals surface area contributed by atoms with E-state index in [4.69, 9.17) is 16.3 Å². The zero-order valence-electron chi connectivity index (χ0n) is 9.98. The Morgan fingerprint density at radius 1 is 1.17 bits per heavy atom. The van der Waals surface area contributed by atoms with Crippen LogP contribution in [0.2, 0.25) is 5.02 Å². The molecule has 0 saturated heterocycles. The highest BCUT2D eigenvalue weighted by Gasteiger charge is 2.02. The molecule has 0 radical (unpaired) electrons. The highest BCUT2D eigenvalue weighted by Crippen LogP contribution is 2.23. The van der Waals surface area contributed by atoms with Crippen molar-refractivity contribution in [2.45, 2.75) is 6.54 Å². The van der Waals surface area contributed by atoms with E-state index in [0.717, 1.165) is 17.0 Å². The standard InChI is InChI=1S/C14H14ClNO2/c1-18-13-5-3-12(4-6-13)16-9-10-8-11(15)2-7-14(10)17/h2-8,16-17H,9H2,1H3. The quantitative estimate of drug-likeness (QED) is 0.884. The highest BCUT2D eigenvalue weighted by atomic mass is 35.5. The fourth-order valence-corrected chi connectivity index (χ4v) is 1.80. The third-order valence-corrected chi connectivity index (χ3v) is 2.85. The van der Waals surface area contributed by atoms with Gasteiger partial charge in [0.05, 0.1) is 7.11 Å². The zero-order chi connectivity index (χ0) is 13.0. The van der Waals surface area contributed by atoms with Gasteiger partial charge in [0.2, 0.25) is 0 Å². The van der Waals surface area contributed by atoms with Gasteiger partial charge in [0.25, 0.3) is 0 Å².